The molecule has 3 N–H and O–H groups in total. The summed E-state index contributed by atoms with van der Waals surface area (Å²) in [5.41, 5.74) is 1.50. The fourth-order valence-electron chi connectivity index (χ4n) is 3.39. The predicted octanol–water partition coefficient (Wildman–Crippen LogP) is 0.480. The van der Waals surface area contributed by atoms with Crippen molar-refractivity contribution in [2.75, 3.05) is 19.6 Å². The van der Waals surface area contributed by atoms with E-state index in [2.05, 4.69) is 15.2 Å². The average molecular weight is 372 g/mol. The lowest BCUT2D eigenvalue weighted by molar-refractivity contribution is -0.134. The molecule has 0 aliphatic carbocycles. The highest BCUT2D eigenvalue weighted by Crippen LogP contribution is 2.27. The number of aromatic nitrogens is 2. The number of carboxylic acid groups (broad SMARTS) is 2. The maximum Gasteiger partial charge on any atom is 0.328 e. The van der Waals surface area contributed by atoms with E-state index in [-0.39, 0.29) is 5.91 Å². The molecule has 9 heteroatoms. The first-order valence-corrected chi connectivity index (χ1v) is 8.52. The average Bonchev–Trinajstić information content (AvgIpc) is 3.36. The topological polar surface area (TPSA) is 124 Å². The molecule has 2 aromatic heterocycles. The van der Waals surface area contributed by atoms with Crippen LogP contribution in [0.4, 0.5) is 0 Å². The molecule has 1 unspecified atom stereocenters. The minimum absolute atomic E-state index is 0.0533. The summed E-state index contributed by atoms with van der Waals surface area (Å²) in [6, 6.07) is 6.05. The van der Waals surface area contributed by atoms with Gasteiger partial charge in [0.05, 0.1) is 6.33 Å². The number of nitrogens with one attached hydrogen (secondary N) is 1. The lowest BCUT2D eigenvalue weighted by Crippen LogP contribution is -2.43. The van der Waals surface area contributed by atoms with Gasteiger partial charge in [0, 0.05) is 43.0 Å². The van der Waals surface area contributed by atoms with Crippen LogP contribution in [0.5, 0.6) is 0 Å². The van der Waals surface area contributed by atoms with E-state index in [4.69, 9.17) is 10.2 Å². The van der Waals surface area contributed by atoms with Crippen LogP contribution >= 0.6 is 0 Å². The summed E-state index contributed by atoms with van der Waals surface area (Å²) >= 11 is 0. The van der Waals surface area contributed by atoms with Gasteiger partial charge in [-0.25, -0.2) is 14.6 Å². The quantitative estimate of drug-likeness (QED) is 0.667. The van der Waals surface area contributed by atoms with Crippen molar-refractivity contribution in [1.29, 1.82) is 0 Å². The van der Waals surface area contributed by atoms with Crippen molar-refractivity contribution < 1.29 is 24.6 Å². The molecule has 0 saturated carbocycles. The molecule has 2 bridgehead atoms. The van der Waals surface area contributed by atoms with Gasteiger partial charge in [0.1, 0.15) is 5.69 Å². The van der Waals surface area contributed by atoms with E-state index >= 15 is 0 Å². The Hall–Kier alpha value is -3.20. The smallest absolute Gasteiger partial charge is 0.328 e. The lowest BCUT2D eigenvalue weighted by atomic mass is 10.00. The highest BCUT2D eigenvalue weighted by molar-refractivity contribution is 5.93. The molecule has 4 heterocycles. The minimum Gasteiger partial charge on any atom is -0.478 e. The first-order valence-electron chi connectivity index (χ1n) is 8.52. The molecule has 0 radical (unpaired) electrons. The number of carbonyl (C=O) groups excluding carboxylic acids is 1. The number of hydrogen-bond acceptors (Lipinski definition) is 5. The van der Waals surface area contributed by atoms with E-state index in [1.165, 1.54) is 13.0 Å². The minimum atomic E-state index is -1.26. The van der Waals surface area contributed by atoms with E-state index in [1.54, 1.807) is 6.33 Å². The summed E-state index contributed by atoms with van der Waals surface area (Å²) < 4.78 is 1.90. The van der Waals surface area contributed by atoms with Gasteiger partial charge in [0.15, 0.2) is 0 Å². The van der Waals surface area contributed by atoms with Gasteiger partial charge < -0.3 is 24.8 Å². The number of carbonyl (C=O) groups is 3. The van der Waals surface area contributed by atoms with Crippen LogP contribution in [0.15, 0.2) is 42.9 Å². The van der Waals surface area contributed by atoms with Crippen molar-refractivity contribution in [3.8, 4) is 0 Å². The summed E-state index contributed by atoms with van der Waals surface area (Å²) in [6.45, 7) is 3.31. The Morgan fingerprint density at radius 3 is 2.52 bits per heavy atom. The predicted molar refractivity (Wildman–Crippen MR) is 95.4 cm³/mol. The summed E-state index contributed by atoms with van der Waals surface area (Å²) in [6.07, 6.45) is 5.93. The molecular weight excluding hydrogens is 352 g/mol. The number of amides is 1. The Morgan fingerprint density at radius 2 is 1.93 bits per heavy atom. The Balaban J connectivity index is 0.000000226. The van der Waals surface area contributed by atoms with Gasteiger partial charge in [0.2, 0.25) is 0 Å². The largest absolute Gasteiger partial charge is 0.478 e. The SMILES string of the molecule is O=C(N[C@H]1CN2CC[C@H]1C2)c1cc2cccn2cn1.O=C(O)/C=C/C(=O)O. The molecule has 2 aliphatic rings. The second-order valence-electron chi connectivity index (χ2n) is 6.51. The van der Waals surface area contributed by atoms with Gasteiger partial charge >= 0.3 is 11.9 Å². The number of piperidine rings is 1. The molecule has 0 spiro atoms. The molecule has 2 saturated heterocycles. The summed E-state index contributed by atoms with van der Waals surface area (Å²) in [4.78, 5) is 38.0. The fraction of sp³-hybridized carbons (Fsp3) is 0.333. The van der Waals surface area contributed by atoms with Gasteiger partial charge in [0.25, 0.3) is 5.91 Å². The van der Waals surface area contributed by atoms with Crippen LogP contribution in [0, 0.1) is 5.92 Å². The monoisotopic (exact) mass is 372 g/mol. The van der Waals surface area contributed by atoms with Crippen molar-refractivity contribution in [1.82, 2.24) is 19.6 Å². The molecule has 3 atom stereocenters. The second-order valence-corrected chi connectivity index (χ2v) is 6.51. The van der Waals surface area contributed by atoms with E-state index in [9.17, 15) is 14.4 Å². The number of carboxylic acids is 2. The molecule has 9 nitrogen and oxygen atoms in total. The summed E-state index contributed by atoms with van der Waals surface area (Å²) in [5.74, 6) is -1.94. The van der Waals surface area contributed by atoms with Crippen LogP contribution in [0.1, 0.15) is 16.9 Å². The number of aliphatic carboxylic acids is 2. The third-order valence-corrected chi connectivity index (χ3v) is 4.67. The normalized spacial score (nSPS) is 23.2. The van der Waals surface area contributed by atoms with Crippen LogP contribution in [-0.2, 0) is 9.59 Å². The molecule has 4 rings (SSSR count). The standard InChI is InChI=1S/C14H16N4O.C4H4O4/c19-14(16-13-8-17-5-3-10(13)7-17)12-6-11-2-1-4-18(11)9-15-12;5-3(6)1-2-4(7)8/h1-2,4,6,9-10,13H,3,5,7-8H2,(H,16,19);1-2H,(H,5,6)(H,7,8)/b;2-1+/t10-,13-;/m0./s1. The summed E-state index contributed by atoms with van der Waals surface area (Å²) in [7, 11) is 0. The van der Waals surface area contributed by atoms with E-state index < -0.39 is 11.9 Å². The molecule has 2 fully saturated rings. The Bertz CT molecular complexity index is 875. The van der Waals surface area contributed by atoms with Crippen molar-refractivity contribution >= 4 is 23.4 Å². The maximum atomic E-state index is 12.2. The van der Waals surface area contributed by atoms with Gasteiger partial charge in [-0.2, -0.15) is 0 Å². The van der Waals surface area contributed by atoms with Crippen LogP contribution < -0.4 is 5.32 Å². The number of fused-ring (bicyclic) bond motifs is 3. The third kappa shape index (κ3) is 4.70. The number of rotatable bonds is 4. The molecular formula is C18H20N4O5. The van der Waals surface area contributed by atoms with E-state index in [0.717, 1.165) is 18.6 Å². The molecule has 27 heavy (non-hydrogen) atoms. The van der Waals surface area contributed by atoms with Crippen molar-refractivity contribution in [2.45, 2.75) is 12.5 Å². The zero-order valence-corrected chi connectivity index (χ0v) is 14.5. The van der Waals surface area contributed by atoms with Gasteiger partial charge in [-0.05, 0) is 37.1 Å². The van der Waals surface area contributed by atoms with Gasteiger partial charge in [-0.3, -0.25) is 4.79 Å². The number of nitrogens with zero attached hydrogens (tertiary/aromatic N) is 3. The van der Waals surface area contributed by atoms with Crippen molar-refractivity contribution in [3.63, 3.8) is 0 Å². The maximum absolute atomic E-state index is 12.2. The molecule has 2 aromatic rings. The first-order chi connectivity index (χ1) is 12.9. The first kappa shape index (κ1) is 18.6. The van der Waals surface area contributed by atoms with Crippen LogP contribution in [-0.4, -0.2) is 68.0 Å². The van der Waals surface area contributed by atoms with Crippen molar-refractivity contribution in [2.24, 2.45) is 5.92 Å². The van der Waals surface area contributed by atoms with Crippen LogP contribution in [0.3, 0.4) is 0 Å². The van der Waals surface area contributed by atoms with Crippen molar-refractivity contribution in [3.05, 3.63) is 48.6 Å². The molecule has 142 valence electrons. The van der Waals surface area contributed by atoms with Crippen LogP contribution in [0.25, 0.3) is 5.52 Å². The van der Waals surface area contributed by atoms with E-state index in [0.29, 0.717) is 29.8 Å². The summed E-state index contributed by atoms with van der Waals surface area (Å²) in [5, 5.41) is 18.8. The zero-order valence-electron chi connectivity index (χ0n) is 14.5. The Kier molecular flexibility index (Phi) is 5.51. The van der Waals surface area contributed by atoms with E-state index in [1.807, 2.05) is 28.8 Å². The Morgan fingerprint density at radius 1 is 1.19 bits per heavy atom. The molecule has 2 aliphatic heterocycles. The highest BCUT2D eigenvalue weighted by atomic mass is 16.4. The highest BCUT2D eigenvalue weighted by Gasteiger charge is 2.38. The second kappa shape index (κ2) is 8.00. The fourth-order valence-corrected chi connectivity index (χ4v) is 3.39. The molecule has 0 aromatic carbocycles. The Labute approximate surface area is 154 Å². The molecule has 1 amide bonds. The number of hydrogen-bond donors (Lipinski definition) is 3. The van der Waals surface area contributed by atoms with Crippen LogP contribution in [0.2, 0.25) is 0 Å². The van der Waals surface area contributed by atoms with Gasteiger partial charge in [-0.15, -0.1) is 0 Å². The third-order valence-electron chi connectivity index (χ3n) is 4.67. The lowest BCUT2D eigenvalue weighted by Gasteiger charge is -2.22. The zero-order chi connectivity index (χ0) is 19.4. The van der Waals surface area contributed by atoms with Gasteiger partial charge in [-0.1, -0.05) is 0 Å².